The van der Waals surface area contributed by atoms with E-state index in [1.54, 1.807) is 0 Å². The smallest absolute Gasteiger partial charge is 0.416 e. The molecule has 132 valence electrons. The second-order valence-electron chi connectivity index (χ2n) is 5.24. The molecule has 0 spiro atoms. The van der Waals surface area contributed by atoms with Crippen molar-refractivity contribution < 1.29 is 27.5 Å². The zero-order chi connectivity index (χ0) is 18.6. The Morgan fingerprint density at radius 1 is 1.12 bits per heavy atom. The van der Waals surface area contributed by atoms with Crippen LogP contribution in [-0.4, -0.2) is 18.0 Å². The third-order valence-electron chi connectivity index (χ3n) is 3.26. The summed E-state index contributed by atoms with van der Waals surface area (Å²) in [6.07, 6.45) is -5.71. The van der Waals surface area contributed by atoms with Gasteiger partial charge in [-0.2, -0.15) is 13.2 Å². The fourth-order valence-corrected chi connectivity index (χ4v) is 1.92. The van der Waals surface area contributed by atoms with Crippen molar-refractivity contribution in [2.24, 2.45) is 0 Å². The number of alkyl halides is 3. The molecule has 0 aliphatic rings. The minimum Gasteiger partial charge on any atom is -0.449 e. The predicted octanol–water partition coefficient (Wildman–Crippen LogP) is 3.47. The molecule has 0 unspecified atom stereocenters. The Bertz CT molecular complexity index is 773. The van der Waals surface area contributed by atoms with Crippen molar-refractivity contribution in [2.45, 2.75) is 19.2 Å². The van der Waals surface area contributed by atoms with Gasteiger partial charge >= 0.3 is 12.1 Å². The number of benzene rings is 2. The zero-order valence-electron chi connectivity index (χ0n) is 13.1. The lowest BCUT2D eigenvalue weighted by Crippen LogP contribution is -2.30. The molecule has 0 saturated heterocycles. The van der Waals surface area contributed by atoms with Crippen molar-refractivity contribution in [1.29, 1.82) is 0 Å². The lowest BCUT2D eigenvalue weighted by Gasteiger charge is -2.14. The molecule has 2 aromatic carbocycles. The quantitative estimate of drug-likeness (QED) is 0.652. The summed E-state index contributed by atoms with van der Waals surface area (Å²) >= 11 is 0. The van der Waals surface area contributed by atoms with Gasteiger partial charge in [0.25, 0.3) is 5.91 Å². The van der Waals surface area contributed by atoms with Crippen LogP contribution in [0.3, 0.4) is 0 Å². The van der Waals surface area contributed by atoms with Crippen LogP contribution in [0.1, 0.15) is 22.8 Å². The van der Waals surface area contributed by atoms with Crippen LogP contribution in [0.2, 0.25) is 0 Å². The van der Waals surface area contributed by atoms with E-state index in [9.17, 15) is 22.8 Å². The molecular weight excluding hydrogens is 337 g/mol. The van der Waals surface area contributed by atoms with Gasteiger partial charge in [0, 0.05) is 11.4 Å². The molecule has 3 N–H and O–H groups in total. The molecule has 8 heteroatoms. The highest BCUT2D eigenvalue weighted by Gasteiger charge is 2.30. The van der Waals surface area contributed by atoms with Gasteiger partial charge in [0.05, 0.1) is 11.1 Å². The molecule has 2 aromatic rings. The molecule has 1 atom stereocenters. The van der Waals surface area contributed by atoms with E-state index >= 15 is 0 Å². The van der Waals surface area contributed by atoms with E-state index in [1.165, 1.54) is 43.3 Å². The monoisotopic (exact) mass is 352 g/mol. The Kier molecular flexibility index (Phi) is 5.31. The number of carbonyl (C=O) groups excluding carboxylic acids is 2. The maximum Gasteiger partial charge on any atom is 0.416 e. The highest BCUT2D eigenvalue weighted by Crippen LogP contribution is 2.30. The van der Waals surface area contributed by atoms with E-state index in [0.29, 0.717) is 5.69 Å². The van der Waals surface area contributed by atoms with Gasteiger partial charge in [0.15, 0.2) is 6.10 Å². The second-order valence-corrected chi connectivity index (χ2v) is 5.24. The van der Waals surface area contributed by atoms with E-state index in [4.69, 9.17) is 10.5 Å². The summed E-state index contributed by atoms with van der Waals surface area (Å²) in [7, 11) is 0. The largest absolute Gasteiger partial charge is 0.449 e. The van der Waals surface area contributed by atoms with Crippen molar-refractivity contribution in [3.8, 4) is 0 Å². The number of nitrogens with two attached hydrogens (primary N) is 1. The first-order valence-electron chi connectivity index (χ1n) is 7.21. The molecule has 0 saturated carbocycles. The average molecular weight is 352 g/mol. The second kappa shape index (κ2) is 7.25. The van der Waals surface area contributed by atoms with Crippen LogP contribution in [0.5, 0.6) is 0 Å². The van der Waals surface area contributed by atoms with Crippen molar-refractivity contribution in [2.75, 3.05) is 11.1 Å². The number of hydrogen-bond donors (Lipinski definition) is 2. The first-order chi connectivity index (χ1) is 11.7. The molecular formula is C17H15F3N2O3. The van der Waals surface area contributed by atoms with Crippen LogP contribution in [0.25, 0.3) is 0 Å². The van der Waals surface area contributed by atoms with E-state index in [1.807, 2.05) is 0 Å². The number of anilines is 2. The van der Waals surface area contributed by atoms with Crippen molar-refractivity contribution in [3.63, 3.8) is 0 Å². The molecule has 0 heterocycles. The van der Waals surface area contributed by atoms with Gasteiger partial charge in [-0.3, -0.25) is 4.79 Å². The molecule has 25 heavy (non-hydrogen) atoms. The SMILES string of the molecule is C[C@H](OC(=O)c1ccc(N)cc1)C(=O)Nc1cccc(C(F)(F)F)c1. The molecule has 0 aliphatic heterocycles. The number of hydrogen-bond acceptors (Lipinski definition) is 4. The van der Waals surface area contributed by atoms with Gasteiger partial charge in [-0.05, 0) is 49.4 Å². The third kappa shape index (κ3) is 4.97. The Labute approximate surface area is 141 Å². The summed E-state index contributed by atoms with van der Waals surface area (Å²) in [5, 5.41) is 2.28. The van der Waals surface area contributed by atoms with Crippen molar-refractivity contribution in [3.05, 3.63) is 59.7 Å². The Hall–Kier alpha value is -3.03. The molecule has 1 amide bonds. The van der Waals surface area contributed by atoms with Gasteiger partial charge < -0.3 is 15.8 Å². The Balaban J connectivity index is 2.01. The van der Waals surface area contributed by atoms with Gasteiger partial charge in [-0.15, -0.1) is 0 Å². The topological polar surface area (TPSA) is 81.4 Å². The summed E-state index contributed by atoms with van der Waals surface area (Å²) in [4.78, 5) is 23.9. The normalized spacial score (nSPS) is 12.3. The molecule has 0 fully saturated rings. The van der Waals surface area contributed by atoms with Crippen LogP contribution < -0.4 is 11.1 Å². The van der Waals surface area contributed by atoms with Gasteiger partial charge in [-0.1, -0.05) is 6.07 Å². The zero-order valence-corrected chi connectivity index (χ0v) is 13.1. The highest BCUT2D eigenvalue weighted by atomic mass is 19.4. The number of rotatable bonds is 4. The number of halogens is 3. The summed E-state index contributed by atoms with van der Waals surface area (Å²) < 4.78 is 43.0. The number of nitrogens with one attached hydrogen (secondary N) is 1. The van der Waals surface area contributed by atoms with E-state index in [2.05, 4.69) is 5.32 Å². The summed E-state index contributed by atoms with van der Waals surface area (Å²) in [5.74, 6) is -1.49. The van der Waals surface area contributed by atoms with Gasteiger partial charge in [0.1, 0.15) is 0 Å². The van der Waals surface area contributed by atoms with Crippen LogP contribution in [0.4, 0.5) is 24.5 Å². The number of amides is 1. The molecule has 5 nitrogen and oxygen atoms in total. The number of esters is 1. The van der Waals surface area contributed by atoms with E-state index in [0.717, 1.165) is 12.1 Å². The van der Waals surface area contributed by atoms with E-state index in [-0.39, 0.29) is 11.3 Å². The van der Waals surface area contributed by atoms with Crippen LogP contribution in [0.15, 0.2) is 48.5 Å². The standard InChI is InChI=1S/C17H15F3N2O3/c1-10(25-16(24)11-5-7-13(21)8-6-11)15(23)22-14-4-2-3-12(9-14)17(18,19)20/h2-10H,21H2,1H3,(H,22,23)/t10-/m0/s1. The Morgan fingerprint density at radius 2 is 1.76 bits per heavy atom. The summed E-state index contributed by atoms with van der Waals surface area (Å²) in [6.45, 7) is 1.32. The lowest BCUT2D eigenvalue weighted by atomic mass is 10.2. The fraction of sp³-hybridized carbons (Fsp3) is 0.176. The van der Waals surface area contributed by atoms with Crippen LogP contribution in [-0.2, 0) is 15.7 Å². The third-order valence-corrected chi connectivity index (χ3v) is 3.26. The fourth-order valence-electron chi connectivity index (χ4n) is 1.92. The number of ether oxygens (including phenoxy) is 1. The maximum absolute atomic E-state index is 12.7. The summed E-state index contributed by atoms with van der Waals surface area (Å²) in [5.41, 5.74) is 5.24. The number of carbonyl (C=O) groups is 2. The van der Waals surface area contributed by atoms with Gasteiger partial charge in [-0.25, -0.2) is 4.79 Å². The first kappa shape index (κ1) is 18.3. The maximum atomic E-state index is 12.7. The summed E-state index contributed by atoms with van der Waals surface area (Å²) in [6, 6.07) is 10.1. The Morgan fingerprint density at radius 3 is 2.36 bits per heavy atom. The highest BCUT2D eigenvalue weighted by molar-refractivity contribution is 5.97. The molecule has 2 rings (SSSR count). The van der Waals surface area contributed by atoms with E-state index < -0.39 is 29.7 Å². The van der Waals surface area contributed by atoms with Crippen LogP contribution >= 0.6 is 0 Å². The average Bonchev–Trinajstić information content (AvgIpc) is 2.54. The predicted molar refractivity (Wildman–Crippen MR) is 85.8 cm³/mol. The minimum atomic E-state index is -4.52. The number of nitrogen functional groups attached to an aromatic ring is 1. The molecule has 0 aliphatic carbocycles. The van der Waals surface area contributed by atoms with Crippen molar-refractivity contribution >= 4 is 23.3 Å². The minimum absolute atomic E-state index is 0.0461. The van der Waals surface area contributed by atoms with Crippen LogP contribution in [0, 0.1) is 0 Å². The van der Waals surface area contributed by atoms with Gasteiger partial charge in [0.2, 0.25) is 0 Å². The lowest BCUT2D eigenvalue weighted by molar-refractivity contribution is -0.137. The molecule has 0 aromatic heterocycles. The van der Waals surface area contributed by atoms with Crippen molar-refractivity contribution in [1.82, 2.24) is 0 Å². The molecule has 0 radical (unpaired) electrons. The molecule has 0 bridgehead atoms. The first-order valence-corrected chi connectivity index (χ1v) is 7.21.